The summed E-state index contributed by atoms with van der Waals surface area (Å²) in [7, 11) is 1.79. The van der Waals surface area contributed by atoms with Crippen LogP contribution in [0.1, 0.15) is 56.5 Å². The minimum Gasteiger partial charge on any atom is -0.265 e. The fraction of sp³-hybridized carbons (Fsp3) is 0.769. The second-order valence-electron chi connectivity index (χ2n) is 5.40. The van der Waals surface area contributed by atoms with Crippen molar-refractivity contribution in [2.24, 2.45) is 5.92 Å². The lowest BCUT2D eigenvalue weighted by molar-refractivity contribution is 0.214. The first-order valence-electron chi connectivity index (χ1n) is 6.86. The van der Waals surface area contributed by atoms with Gasteiger partial charge in [0.25, 0.3) is 9.05 Å². The topological polar surface area (TPSA) is 52.0 Å². The number of hydrogen-bond acceptors (Lipinski definition) is 3. The third kappa shape index (κ3) is 2.82. The Balaban J connectivity index is 2.46. The molecule has 0 spiro atoms. The highest BCUT2D eigenvalue weighted by molar-refractivity contribution is 8.13. The Labute approximate surface area is 119 Å². The van der Waals surface area contributed by atoms with Gasteiger partial charge in [-0.2, -0.15) is 5.10 Å². The molecule has 19 heavy (non-hydrogen) atoms. The van der Waals surface area contributed by atoms with Crippen molar-refractivity contribution in [3.8, 4) is 0 Å². The van der Waals surface area contributed by atoms with Crippen molar-refractivity contribution in [2.45, 2.75) is 63.8 Å². The lowest BCUT2D eigenvalue weighted by Gasteiger charge is -2.31. The van der Waals surface area contributed by atoms with Crippen molar-refractivity contribution in [1.82, 2.24) is 9.78 Å². The van der Waals surface area contributed by atoms with Gasteiger partial charge >= 0.3 is 0 Å². The number of rotatable bonds is 3. The van der Waals surface area contributed by atoms with Gasteiger partial charge in [0.2, 0.25) is 0 Å². The molecule has 0 aliphatic heterocycles. The molecule has 1 heterocycles. The number of aryl methyl sites for hydroxylation is 1. The molecule has 1 aliphatic rings. The van der Waals surface area contributed by atoms with Crippen LogP contribution in [0.5, 0.6) is 0 Å². The molecule has 1 saturated carbocycles. The molecule has 1 aromatic heterocycles. The Bertz CT molecular complexity index is 565. The van der Waals surface area contributed by atoms with E-state index in [2.05, 4.69) is 12.0 Å². The van der Waals surface area contributed by atoms with Crippen LogP contribution < -0.4 is 0 Å². The normalized spacial score (nSPS) is 24.6. The third-order valence-electron chi connectivity index (χ3n) is 4.21. The Morgan fingerprint density at radius 2 is 1.95 bits per heavy atom. The maximum atomic E-state index is 11.6. The zero-order valence-electron chi connectivity index (χ0n) is 11.7. The van der Waals surface area contributed by atoms with Gasteiger partial charge in [-0.25, -0.2) is 8.42 Å². The van der Waals surface area contributed by atoms with Crippen LogP contribution in [-0.4, -0.2) is 18.2 Å². The highest BCUT2D eigenvalue weighted by atomic mass is 35.7. The van der Waals surface area contributed by atoms with Crippen LogP contribution >= 0.6 is 10.7 Å². The molecular formula is C13H21ClN2O2S. The van der Waals surface area contributed by atoms with Crippen LogP contribution in [0.2, 0.25) is 0 Å². The summed E-state index contributed by atoms with van der Waals surface area (Å²) < 4.78 is 25.2. The summed E-state index contributed by atoms with van der Waals surface area (Å²) >= 11 is 0. The summed E-state index contributed by atoms with van der Waals surface area (Å²) in [5.41, 5.74) is 1.19. The predicted molar refractivity (Wildman–Crippen MR) is 76.0 cm³/mol. The lowest BCUT2D eigenvalue weighted by Crippen LogP contribution is -2.24. The molecule has 0 N–H and O–H groups in total. The summed E-state index contributed by atoms with van der Waals surface area (Å²) in [5, 5.41) is 4.45. The van der Waals surface area contributed by atoms with Crippen LogP contribution in [0.3, 0.4) is 0 Å². The van der Waals surface area contributed by atoms with Crippen molar-refractivity contribution in [3.05, 3.63) is 11.4 Å². The van der Waals surface area contributed by atoms with Gasteiger partial charge in [-0.05, 0) is 32.6 Å². The monoisotopic (exact) mass is 304 g/mol. The standard InChI is InChI=1S/C13H21ClN2O2S/c1-4-11-7-5-6-8-12(11)16-10(3)13(9(2)15-16)19(14,17)18/h11-12H,4-8H2,1-3H3. The van der Waals surface area contributed by atoms with Gasteiger partial charge in [-0.15, -0.1) is 0 Å². The summed E-state index contributed by atoms with van der Waals surface area (Å²) in [6.45, 7) is 5.70. The molecule has 4 nitrogen and oxygen atoms in total. The summed E-state index contributed by atoms with van der Waals surface area (Å²) in [6.07, 6.45) is 5.81. The van der Waals surface area contributed by atoms with E-state index in [4.69, 9.17) is 10.7 Å². The van der Waals surface area contributed by atoms with E-state index in [0.29, 0.717) is 23.3 Å². The van der Waals surface area contributed by atoms with Crippen LogP contribution in [0.4, 0.5) is 0 Å². The molecule has 108 valence electrons. The van der Waals surface area contributed by atoms with Crippen molar-refractivity contribution in [1.29, 1.82) is 0 Å². The van der Waals surface area contributed by atoms with Crippen molar-refractivity contribution in [3.63, 3.8) is 0 Å². The van der Waals surface area contributed by atoms with Gasteiger partial charge < -0.3 is 0 Å². The number of hydrogen-bond donors (Lipinski definition) is 0. The molecule has 6 heteroatoms. The first-order chi connectivity index (χ1) is 8.86. The molecular weight excluding hydrogens is 284 g/mol. The number of aromatic nitrogens is 2. The van der Waals surface area contributed by atoms with E-state index in [1.54, 1.807) is 13.8 Å². The molecule has 0 aromatic carbocycles. The molecule has 0 bridgehead atoms. The summed E-state index contributed by atoms with van der Waals surface area (Å²) in [6, 6.07) is 0.310. The maximum Gasteiger partial charge on any atom is 0.264 e. The average Bonchev–Trinajstić information content (AvgIpc) is 2.64. The molecule has 1 aliphatic carbocycles. The predicted octanol–water partition coefficient (Wildman–Crippen LogP) is 3.57. The van der Waals surface area contributed by atoms with E-state index < -0.39 is 9.05 Å². The Morgan fingerprint density at radius 3 is 2.47 bits per heavy atom. The van der Waals surface area contributed by atoms with Gasteiger partial charge in [-0.3, -0.25) is 4.68 Å². The Morgan fingerprint density at radius 1 is 1.32 bits per heavy atom. The Hall–Kier alpha value is -0.550. The average molecular weight is 305 g/mol. The van der Waals surface area contributed by atoms with E-state index >= 15 is 0 Å². The SMILES string of the molecule is CCC1CCCCC1n1nc(C)c(S(=O)(=O)Cl)c1C. The highest BCUT2D eigenvalue weighted by Gasteiger charge is 2.30. The fourth-order valence-corrected chi connectivity index (χ4v) is 4.82. The fourth-order valence-electron chi connectivity index (χ4n) is 3.31. The third-order valence-corrected chi connectivity index (χ3v) is 5.75. The highest BCUT2D eigenvalue weighted by Crippen LogP contribution is 2.38. The van der Waals surface area contributed by atoms with Crippen LogP contribution in [0.25, 0.3) is 0 Å². The second kappa shape index (κ2) is 5.44. The first-order valence-corrected chi connectivity index (χ1v) is 9.17. The van der Waals surface area contributed by atoms with Crippen LogP contribution in [0, 0.1) is 19.8 Å². The van der Waals surface area contributed by atoms with Crippen LogP contribution in [0.15, 0.2) is 4.90 Å². The van der Waals surface area contributed by atoms with Crippen molar-refractivity contribution >= 4 is 19.7 Å². The van der Waals surface area contributed by atoms with E-state index in [0.717, 1.165) is 12.8 Å². The van der Waals surface area contributed by atoms with Gasteiger partial charge in [0.1, 0.15) is 4.90 Å². The summed E-state index contributed by atoms with van der Waals surface area (Å²) in [4.78, 5) is 0.189. The molecule has 0 saturated heterocycles. The first kappa shape index (κ1) is 14.9. The number of halogens is 1. The van der Waals surface area contributed by atoms with Gasteiger partial charge in [-0.1, -0.05) is 26.2 Å². The molecule has 2 unspecified atom stereocenters. The molecule has 0 amide bonds. The molecule has 0 radical (unpaired) electrons. The molecule has 1 fully saturated rings. The molecule has 2 rings (SSSR count). The molecule has 2 atom stereocenters. The summed E-state index contributed by atoms with van der Waals surface area (Å²) in [5.74, 6) is 0.581. The van der Waals surface area contributed by atoms with E-state index in [1.165, 1.54) is 19.3 Å². The van der Waals surface area contributed by atoms with Crippen molar-refractivity contribution < 1.29 is 8.42 Å². The quantitative estimate of drug-likeness (QED) is 0.802. The van der Waals surface area contributed by atoms with Gasteiger partial charge in [0.15, 0.2) is 0 Å². The Kier molecular flexibility index (Phi) is 4.26. The smallest absolute Gasteiger partial charge is 0.264 e. The van der Waals surface area contributed by atoms with E-state index in [1.807, 2.05) is 4.68 Å². The number of nitrogens with zero attached hydrogens (tertiary/aromatic N) is 2. The van der Waals surface area contributed by atoms with Crippen molar-refractivity contribution in [2.75, 3.05) is 0 Å². The minimum atomic E-state index is -3.72. The van der Waals surface area contributed by atoms with E-state index in [-0.39, 0.29) is 4.90 Å². The minimum absolute atomic E-state index is 0.189. The zero-order chi connectivity index (χ0) is 14.2. The van der Waals surface area contributed by atoms with Gasteiger partial charge in [0, 0.05) is 10.7 Å². The largest absolute Gasteiger partial charge is 0.265 e. The van der Waals surface area contributed by atoms with E-state index in [9.17, 15) is 8.42 Å². The lowest BCUT2D eigenvalue weighted by atomic mass is 9.83. The second-order valence-corrected chi connectivity index (χ2v) is 7.91. The zero-order valence-corrected chi connectivity index (χ0v) is 13.3. The maximum absolute atomic E-state index is 11.6. The van der Waals surface area contributed by atoms with Gasteiger partial charge in [0.05, 0.1) is 17.4 Å². The van der Waals surface area contributed by atoms with Crippen LogP contribution in [-0.2, 0) is 9.05 Å². The molecule has 1 aromatic rings.